The summed E-state index contributed by atoms with van der Waals surface area (Å²) in [7, 11) is -3.77. The van der Waals surface area contributed by atoms with Crippen molar-refractivity contribution in [2.45, 2.75) is 31.2 Å². The third kappa shape index (κ3) is 2.74. The van der Waals surface area contributed by atoms with E-state index in [1.54, 1.807) is 0 Å². The molecule has 1 aliphatic rings. The van der Waals surface area contributed by atoms with Gasteiger partial charge in [-0.2, -0.15) is 0 Å². The van der Waals surface area contributed by atoms with Crippen LogP contribution in [0.1, 0.15) is 20.3 Å². The van der Waals surface area contributed by atoms with Crippen LogP contribution in [-0.2, 0) is 10.0 Å². The number of nitrogen functional groups attached to an aromatic ring is 1. The van der Waals surface area contributed by atoms with Crippen LogP contribution in [-0.4, -0.2) is 19.4 Å². The van der Waals surface area contributed by atoms with Gasteiger partial charge >= 0.3 is 0 Å². The Morgan fingerprint density at radius 1 is 1.45 bits per heavy atom. The van der Waals surface area contributed by atoms with Gasteiger partial charge in [0.25, 0.3) is 5.69 Å². The number of hydrogen-bond acceptors (Lipinski definition) is 6. The van der Waals surface area contributed by atoms with Gasteiger partial charge in [0.1, 0.15) is 5.69 Å². The molecule has 0 heterocycles. The molecule has 1 saturated carbocycles. The summed E-state index contributed by atoms with van der Waals surface area (Å²) >= 11 is 0. The second-order valence-electron chi connectivity index (χ2n) is 5.45. The molecule has 1 atom stereocenters. The Balaban J connectivity index is 2.33. The Hall–Kier alpha value is -1.71. The number of nitro benzene ring substituents is 1. The minimum atomic E-state index is -3.77. The van der Waals surface area contributed by atoms with E-state index in [9.17, 15) is 18.5 Å². The third-order valence-electron chi connectivity index (χ3n) is 3.44. The molecule has 1 aliphatic carbocycles. The molecule has 0 amide bonds. The van der Waals surface area contributed by atoms with Crippen molar-refractivity contribution in [2.75, 3.05) is 5.43 Å². The largest absolute Gasteiger partial charge is 0.318 e. The van der Waals surface area contributed by atoms with E-state index in [-0.39, 0.29) is 27.7 Å². The highest BCUT2D eigenvalue weighted by Gasteiger charge is 2.48. The zero-order chi connectivity index (χ0) is 15.1. The Morgan fingerprint density at radius 2 is 2.05 bits per heavy atom. The Labute approximate surface area is 116 Å². The fourth-order valence-electron chi connectivity index (χ4n) is 1.88. The lowest BCUT2D eigenvalue weighted by Gasteiger charge is -2.09. The molecule has 110 valence electrons. The zero-order valence-electron chi connectivity index (χ0n) is 11.1. The number of anilines is 1. The lowest BCUT2D eigenvalue weighted by atomic mass is 10.2. The number of nitrogens with two attached hydrogens (primary N) is 1. The van der Waals surface area contributed by atoms with Gasteiger partial charge in [0.05, 0.1) is 9.82 Å². The maximum absolute atomic E-state index is 12.2. The molecule has 1 fully saturated rings. The number of hydrogen-bond donors (Lipinski definition) is 3. The van der Waals surface area contributed by atoms with E-state index in [0.29, 0.717) is 0 Å². The Bertz CT molecular complexity index is 656. The van der Waals surface area contributed by atoms with Gasteiger partial charge in [-0.1, -0.05) is 13.8 Å². The smallest absolute Gasteiger partial charge is 0.294 e. The molecule has 1 aromatic rings. The van der Waals surface area contributed by atoms with Gasteiger partial charge in [0.15, 0.2) is 0 Å². The first-order valence-electron chi connectivity index (χ1n) is 5.95. The maximum atomic E-state index is 12.2. The maximum Gasteiger partial charge on any atom is 0.294 e. The molecule has 0 radical (unpaired) electrons. The van der Waals surface area contributed by atoms with Gasteiger partial charge in [0.2, 0.25) is 10.0 Å². The van der Waals surface area contributed by atoms with Crippen molar-refractivity contribution in [1.82, 2.24) is 4.72 Å². The summed E-state index contributed by atoms with van der Waals surface area (Å²) < 4.78 is 26.9. The zero-order valence-corrected chi connectivity index (χ0v) is 11.9. The summed E-state index contributed by atoms with van der Waals surface area (Å²) in [5.74, 6) is 5.15. The molecule has 4 N–H and O–H groups in total. The van der Waals surface area contributed by atoms with Crippen molar-refractivity contribution in [2.24, 2.45) is 11.3 Å². The molecule has 1 aromatic carbocycles. The Kier molecular flexibility index (Phi) is 3.44. The molecule has 8 nitrogen and oxygen atoms in total. The topological polar surface area (TPSA) is 127 Å². The standard InChI is InChI=1S/C11H16N4O4S/c1-11(2)6-10(11)14-20(18,19)7-3-4-8(13-12)9(5-7)15(16)17/h3-5,10,13-14H,6,12H2,1-2H3. The number of benzene rings is 1. The number of sulfonamides is 1. The monoisotopic (exact) mass is 300 g/mol. The average molecular weight is 300 g/mol. The van der Waals surface area contributed by atoms with Gasteiger partial charge in [0, 0.05) is 12.1 Å². The van der Waals surface area contributed by atoms with E-state index in [0.717, 1.165) is 12.5 Å². The average Bonchev–Trinajstić information content (AvgIpc) is 2.94. The van der Waals surface area contributed by atoms with E-state index in [2.05, 4.69) is 10.1 Å². The first-order chi connectivity index (χ1) is 9.17. The lowest BCUT2D eigenvalue weighted by Crippen LogP contribution is -2.28. The number of rotatable bonds is 5. The quantitative estimate of drug-likeness (QED) is 0.422. The number of hydrazine groups is 1. The molecular formula is C11H16N4O4S. The summed E-state index contributed by atoms with van der Waals surface area (Å²) in [4.78, 5) is 10.1. The molecule has 20 heavy (non-hydrogen) atoms. The number of nitrogens with one attached hydrogen (secondary N) is 2. The molecule has 0 saturated heterocycles. The first-order valence-corrected chi connectivity index (χ1v) is 7.43. The van der Waals surface area contributed by atoms with Crippen LogP contribution < -0.4 is 16.0 Å². The van der Waals surface area contributed by atoms with Crippen LogP contribution in [0.4, 0.5) is 11.4 Å². The summed E-state index contributed by atoms with van der Waals surface area (Å²) in [5.41, 5.74) is 1.77. The van der Waals surface area contributed by atoms with E-state index in [4.69, 9.17) is 5.84 Å². The second-order valence-corrected chi connectivity index (χ2v) is 7.16. The van der Waals surface area contributed by atoms with Crippen LogP contribution in [0.3, 0.4) is 0 Å². The highest BCUT2D eigenvalue weighted by Crippen LogP contribution is 2.45. The van der Waals surface area contributed by atoms with Crippen molar-refractivity contribution in [3.63, 3.8) is 0 Å². The van der Waals surface area contributed by atoms with E-state index in [1.807, 2.05) is 13.8 Å². The van der Waals surface area contributed by atoms with E-state index < -0.39 is 14.9 Å². The minimum absolute atomic E-state index is 0.0562. The minimum Gasteiger partial charge on any atom is -0.318 e. The molecular weight excluding hydrogens is 284 g/mol. The van der Waals surface area contributed by atoms with Crippen LogP contribution in [0.2, 0.25) is 0 Å². The van der Waals surface area contributed by atoms with Crippen molar-refractivity contribution >= 4 is 21.4 Å². The molecule has 0 aliphatic heterocycles. The molecule has 0 bridgehead atoms. The molecule has 0 aromatic heterocycles. The SMILES string of the molecule is CC1(C)CC1NS(=O)(=O)c1ccc(NN)c([N+](=O)[O-])c1. The molecule has 9 heteroatoms. The van der Waals surface area contributed by atoms with E-state index >= 15 is 0 Å². The predicted octanol–water partition coefficient (Wildman–Crippen LogP) is 0.957. The number of nitro groups is 1. The highest BCUT2D eigenvalue weighted by molar-refractivity contribution is 7.89. The van der Waals surface area contributed by atoms with Gasteiger partial charge < -0.3 is 5.43 Å². The second kappa shape index (κ2) is 4.69. The predicted molar refractivity (Wildman–Crippen MR) is 73.4 cm³/mol. The van der Waals surface area contributed by atoms with Gasteiger partial charge in [-0.05, 0) is 24.0 Å². The van der Waals surface area contributed by atoms with Crippen LogP contribution >= 0.6 is 0 Å². The number of nitrogens with zero attached hydrogens (tertiary/aromatic N) is 1. The summed E-state index contributed by atoms with van der Waals surface area (Å²) in [5, 5.41) is 10.9. The molecule has 2 rings (SSSR count). The first kappa shape index (κ1) is 14.7. The lowest BCUT2D eigenvalue weighted by molar-refractivity contribution is -0.384. The third-order valence-corrected chi connectivity index (χ3v) is 4.91. The highest BCUT2D eigenvalue weighted by atomic mass is 32.2. The molecule has 0 spiro atoms. The summed E-state index contributed by atoms with van der Waals surface area (Å²) in [6.45, 7) is 3.90. The normalized spacial score (nSPS) is 20.4. The van der Waals surface area contributed by atoms with Crippen LogP contribution in [0, 0.1) is 15.5 Å². The summed E-state index contributed by atoms with van der Waals surface area (Å²) in [6, 6.07) is 3.40. The van der Waals surface area contributed by atoms with Gasteiger partial charge in [-0.3, -0.25) is 16.0 Å². The van der Waals surface area contributed by atoms with Crippen molar-refractivity contribution in [3.8, 4) is 0 Å². The van der Waals surface area contributed by atoms with Crippen molar-refractivity contribution in [3.05, 3.63) is 28.3 Å². The van der Waals surface area contributed by atoms with E-state index in [1.165, 1.54) is 12.1 Å². The summed E-state index contributed by atoms with van der Waals surface area (Å²) in [6.07, 6.45) is 0.747. The van der Waals surface area contributed by atoms with Crippen molar-refractivity contribution < 1.29 is 13.3 Å². The van der Waals surface area contributed by atoms with Crippen molar-refractivity contribution in [1.29, 1.82) is 0 Å². The van der Waals surface area contributed by atoms with Crippen LogP contribution in [0.25, 0.3) is 0 Å². The Morgan fingerprint density at radius 3 is 2.50 bits per heavy atom. The van der Waals surface area contributed by atoms with Gasteiger partial charge in [-0.25, -0.2) is 13.1 Å². The van der Waals surface area contributed by atoms with Gasteiger partial charge in [-0.15, -0.1) is 0 Å². The van der Waals surface area contributed by atoms with Crippen LogP contribution in [0.5, 0.6) is 0 Å². The fourth-order valence-corrected chi connectivity index (χ4v) is 3.30. The molecule has 1 unspecified atom stereocenters. The fraction of sp³-hybridized carbons (Fsp3) is 0.455. The van der Waals surface area contributed by atoms with Crippen LogP contribution in [0.15, 0.2) is 23.1 Å².